The van der Waals surface area contributed by atoms with E-state index in [9.17, 15) is 14.5 Å². The van der Waals surface area contributed by atoms with Crippen molar-refractivity contribution in [2.45, 2.75) is 10.6 Å². The summed E-state index contributed by atoms with van der Waals surface area (Å²) in [5.41, 5.74) is 6.65. The largest absolute Gasteiger partial charge is 0.398 e. The molecular formula is C13H11FN2O2S. The average molecular weight is 278 g/mol. The van der Waals surface area contributed by atoms with Crippen molar-refractivity contribution >= 4 is 23.1 Å². The number of hydrogen-bond acceptors (Lipinski definition) is 4. The van der Waals surface area contributed by atoms with Crippen molar-refractivity contribution in [2.75, 3.05) is 5.73 Å². The van der Waals surface area contributed by atoms with Gasteiger partial charge in [0, 0.05) is 28.0 Å². The van der Waals surface area contributed by atoms with E-state index in [1.807, 2.05) is 18.2 Å². The fraction of sp³-hybridized carbons (Fsp3) is 0.0769. The van der Waals surface area contributed by atoms with Gasteiger partial charge in [-0.05, 0) is 24.3 Å². The Morgan fingerprint density at radius 3 is 2.68 bits per heavy atom. The summed E-state index contributed by atoms with van der Waals surface area (Å²) in [7, 11) is 0. The predicted molar refractivity (Wildman–Crippen MR) is 73.5 cm³/mol. The highest BCUT2D eigenvalue weighted by molar-refractivity contribution is 7.98. The van der Waals surface area contributed by atoms with Gasteiger partial charge in [0.1, 0.15) is 5.82 Å². The summed E-state index contributed by atoms with van der Waals surface area (Å²) in [5, 5.41) is 10.9. The van der Waals surface area contributed by atoms with Crippen LogP contribution in [0.3, 0.4) is 0 Å². The van der Waals surface area contributed by atoms with Gasteiger partial charge < -0.3 is 5.73 Å². The number of nitrogen functional groups attached to an aromatic ring is 1. The summed E-state index contributed by atoms with van der Waals surface area (Å²) in [6.45, 7) is 0. The molecule has 0 saturated heterocycles. The standard InChI is InChI=1S/C13H11FN2O2S/c14-10-5-6-12(16(17)18)9(7-10)8-19-13-4-2-1-3-11(13)15/h1-7H,8,15H2. The molecule has 0 aliphatic heterocycles. The lowest BCUT2D eigenvalue weighted by molar-refractivity contribution is -0.385. The number of rotatable bonds is 4. The Bertz CT molecular complexity index is 619. The van der Waals surface area contributed by atoms with Crippen LogP contribution in [0, 0.1) is 15.9 Å². The van der Waals surface area contributed by atoms with Crippen LogP contribution >= 0.6 is 11.8 Å². The van der Waals surface area contributed by atoms with Crippen LogP contribution in [-0.2, 0) is 5.75 Å². The molecule has 0 saturated carbocycles. The third-order valence-electron chi connectivity index (χ3n) is 2.54. The Labute approximate surface area is 113 Å². The Balaban J connectivity index is 2.22. The fourth-order valence-electron chi connectivity index (χ4n) is 1.62. The van der Waals surface area contributed by atoms with E-state index >= 15 is 0 Å². The first kappa shape index (κ1) is 13.4. The van der Waals surface area contributed by atoms with Crippen molar-refractivity contribution in [2.24, 2.45) is 0 Å². The van der Waals surface area contributed by atoms with Crippen molar-refractivity contribution in [3.05, 3.63) is 64.0 Å². The lowest BCUT2D eigenvalue weighted by Crippen LogP contribution is -1.95. The second kappa shape index (κ2) is 5.71. The maximum Gasteiger partial charge on any atom is 0.273 e. The molecule has 0 unspecified atom stereocenters. The Morgan fingerprint density at radius 1 is 1.26 bits per heavy atom. The molecule has 6 heteroatoms. The molecule has 19 heavy (non-hydrogen) atoms. The monoisotopic (exact) mass is 278 g/mol. The summed E-state index contributed by atoms with van der Waals surface area (Å²) in [6.07, 6.45) is 0. The number of nitrogens with zero attached hydrogens (tertiary/aromatic N) is 1. The molecule has 0 aliphatic carbocycles. The number of benzene rings is 2. The maximum absolute atomic E-state index is 13.2. The van der Waals surface area contributed by atoms with E-state index in [0.717, 1.165) is 11.0 Å². The van der Waals surface area contributed by atoms with Gasteiger partial charge in [0.25, 0.3) is 5.69 Å². The van der Waals surface area contributed by atoms with E-state index in [2.05, 4.69) is 0 Å². The van der Waals surface area contributed by atoms with Crippen LogP contribution in [0.1, 0.15) is 5.56 Å². The van der Waals surface area contributed by atoms with E-state index in [1.165, 1.54) is 23.9 Å². The fourth-order valence-corrected chi connectivity index (χ4v) is 2.57. The molecule has 2 aromatic carbocycles. The predicted octanol–water partition coefficient (Wildman–Crippen LogP) is 3.61. The normalized spacial score (nSPS) is 10.4. The molecule has 0 aromatic heterocycles. The van der Waals surface area contributed by atoms with Crippen molar-refractivity contribution in [3.63, 3.8) is 0 Å². The highest BCUT2D eigenvalue weighted by Gasteiger charge is 2.14. The molecule has 98 valence electrons. The molecule has 0 fully saturated rings. The lowest BCUT2D eigenvalue weighted by Gasteiger charge is -2.06. The van der Waals surface area contributed by atoms with E-state index in [1.54, 1.807) is 6.07 Å². The average Bonchev–Trinajstić information content (AvgIpc) is 2.37. The molecule has 0 aliphatic rings. The van der Waals surface area contributed by atoms with E-state index in [4.69, 9.17) is 5.73 Å². The van der Waals surface area contributed by atoms with Crippen LogP contribution in [-0.4, -0.2) is 4.92 Å². The van der Waals surface area contributed by atoms with Gasteiger partial charge >= 0.3 is 0 Å². The second-order valence-electron chi connectivity index (χ2n) is 3.86. The van der Waals surface area contributed by atoms with Gasteiger partial charge in [-0.1, -0.05) is 12.1 Å². The summed E-state index contributed by atoms with van der Waals surface area (Å²) in [4.78, 5) is 11.2. The number of hydrogen-bond donors (Lipinski definition) is 1. The molecule has 4 nitrogen and oxygen atoms in total. The number of nitro benzene ring substituents is 1. The zero-order valence-corrected chi connectivity index (χ0v) is 10.7. The zero-order chi connectivity index (χ0) is 13.8. The van der Waals surface area contributed by atoms with Gasteiger partial charge in [0.15, 0.2) is 0 Å². The van der Waals surface area contributed by atoms with Gasteiger partial charge in [0.2, 0.25) is 0 Å². The highest BCUT2D eigenvalue weighted by atomic mass is 32.2. The van der Waals surface area contributed by atoms with Gasteiger partial charge in [0.05, 0.1) is 4.92 Å². The van der Waals surface area contributed by atoms with Crippen molar-refractivity contribution < 1.29 is 9.31 Å². The summed E-state index contributed by atoms with van der Waals surface area (Å²) in [6, 6.07) is 10.7. The highest BCUT2D eigenvalue weighted by Crippen LogP contribution is 2.31. The number of halogens is 1. The minimum atomic E-state index is -0.510. The van der Waals surface area contributed by atoms with Crippen LogP contribution < -0.4 is 5.73 Å². The first-order valence-electron chi connectivity index (χ1n) is 5.48. The number of anilines is 1. The second-order valence-corrected chi connectivity index (χ2v) is 4.87. The molecule has 0 amide bonds. The number of para-hydroxylation sites is 1. The van der Waals surface area contributed by atoms with Crippen LogP contribution in [0.25, 0.3) is 0 Å². The number of nitro groups is 1. The molecule has 0 spiro atoms. The van der Waals surface area contributed by atoms with E-state index < -0.39 is 10.7 Å². The first-order valence-corrected chi connectivity index (χ1v) is 6.46. The number of thioether (sulfide) groups is 1. The molecule has 2 rings (SSSR count). The van der Waals surface area contributed by atoms with Crippen LogP contribution in [0.15, 0.2) is 47.4 Å². The van der Waals surface area contributed by atoms with Crippen molar-refractivity contribution in [3.8, 4) is 0 Å². The van der Waals surface area contributed by atoms with Crippen LogP contribution in [0.2, 0.25) is 0 Å². The van der Waals surface area contributed by atoms with Crippen LogP contribution in [0.4, 0.5) is 15.8 Å². The summed E-state index contributed by atoms with van der Waals surface area (Å²) < 4.78 is 13.2. The summed E-state index contributed by atoms with van der Waals surface area (Å²) >= 11 is 1.34. The van der Waals surface area contributed by atoms with Gasteiger partial charge in [-0.2, -0.15) is 0 Å². The number of nitrogens with two attached hydrogens (primary N) is 1. The Morgan fingerprint density at radius 2 is 2.00 bits per heavy atom. The third kappa shape index (κ3) is 3.23. The van der Waals surface area contributed by atoms with E-state index in [-0.39, 0.29) is 5.69 Å². The maximum atomic E-state index is 13.2. The minimum Gasteiger partial charge on any atom is -0.398 e. The minimum absolute atomic E-state index is 0.0802. The van der Waals surface area contributed by atoms with E-state index in [0.29, 0.717) is 17.0 Å². The first-order chi connectivity index (χ1) is 9.08. The zero-order valence-electron chi connectivity index (χ0n) is 9.88. The molecule has 0 atom stereocenters. The molecule has 2 N–H and O–H groups in total. The van der Waals surface area contributed by atoms with Crippen molar-refractivity contribution in [1.82, 2.24) is 0 Å². The molecular weight excluding hydrogens is 267 g/mol. The Kier molecular flexibility index (Phi) is 4.01. The molecule has 0 bridgehead atoms. The summed E-state index contributed by atoms with van der Waals surface area (Å²) in [5.74, 6) is -0.190. The van der Waals surface area contributed by atoms with Gasteiger partial charge in [-0.25, -0.2) is 4.39 Å². The Hall–Kier alpha value is -2.08. The topological polar surface area (TPSA) is 69.2 Å². The lowest BCUT2D eigenvalue weighted by atomic mass is 10.2. The molecule has 2 aromatic rings. The van der Waals surface area contributed by atoms with Crippen molar-refractivity contribution in [1.29, 1.82) is 0 Å². The molecule has 0 heterocycles. The SMILES string of the molecule is Nc1ccccc1SCc1cc(F)ccc1[N+](=O)[O-]. The quantitative estimate of drug-likeness (QED) is 0.401. The smallest absolute Gasteiger partial charge is 0.273 e. The van der Waals surface area contributed by atoms with Gasteiger partial charge in [-0.15, -0.1) is 11.8 Å². The van der Waals surface area contributed by atoms with Crippen LogP contribution in [0.5, 0.6) is 0 Å². The van der Waals surface area contributed by atoms with Gasteiger partial charge in [-0.3, -0.25) is 10.1 Å². The molecule has 0 radical (unpaired) electrons. The third-order valence-corrected chi connectivity index (χ3v) is 3.68.